The fraction of sp³-hybridized carbons (Fsp3) is 0.357. The van der Waals surface area contributed by atoms with Gasteiger partial charge in [0.15, 0.2) is 0 Å². The molecule has 0 bridgehead atoms. The molecule has 2 N–H and O–H groups in total. The Labute approximate surface area is 121 Å². The van der Waals surface area contributed by atoms with Gasteiger partial charge in [0.1, 0.15) is 18.0 Å². The Hall–Kier alpha value is -2.43. The topological polar surface area (TPSA) is 98.2 Å². The van der Waals surface area contributed by atoms with Crippen molar-refractivity contribution >= 4 is 5.82 Å². The second kappa shape index (κ2) is 5.52. The standard InChI is InChI=1S/C14H15N5O2/c15-6-10-1-2-14(16-7-10)18-3-4-19-11(8-18)5-12(17-19)13(21)9-20/h1-2,5,7,13,20-21H,3-4,8-9H2/t13-/m1/s1. The number of fused-ring (bicyclic) bond motifs is 1. The number of aliphatic hydroxyl groups excluding tert-OH is 2. The zero-order valence-electron chi connectivity index (χ0n) is 11.3. The molecule has 3 rings (SSSR count). The van der Waals surface area contributed by atoms with Gasteiger partial charge in [0.25, 0.3) is 0 Å². The molecule has 7 nitrogen and oxygen atoms in total. The van der Waals surface area contributed by atoms with Gasteiger partial charge in [-0.25, -0.2) is 4.98 Å². The minimum Gasteiger partial charge on any atom is -0.393 e. The van der Waals surface area contributed by atoms with Crippen molar-refractivity contribution in [2.24, 2.45) is 0 Å². The fourth-order valence-corrected chi connectivity index (χ4v) is 2.38. The van der Waals surface area contributed by atoms with E-state index in [9.17, 15) is 5.11 Å². The molecular formula is C14H15N5O2. The molecule has 0 saturated heterocycles. The van der Waals surface area contributed by atoms with E-state index in [2.05, 4.69) is 15.0 Å². The number of hydrogen-bond acceptors (Lipinski definition) is 6. The highest BCUT2D eigenvalue weighted by Crippen LogP contribution is 2.21. The maximum Gasteiger partial charge on any atom is 0.128 e. The number of aliphatic hydroxyl groups is 2. The summed E-state index contributed by atoms with van der Waals surface area (Å²) in [6, 6.07) is 7.42. The molecule has 0 aliphatic carbocycles. The van der Waals surface area contributed by atoms with Crippen LogP contribution in [0.2, 0.25) is 0 Å². The number of rotatable bonds is 3. The van der Waals surface area contributed by atoms with Crippen molar-refractivity contribution in [1.29, 1.82) is 5.26 Å². The van der Waals surface area contributed by atoms with E-state index in [0.717, 1.165) is 18.1 Å². The van der Waals surface area contributed by atoms with E-state index in [1.807, 2.05) is 16.8 Å². The van der Waals surface area contributed by atoms with E-state index in [-0.39, 0.29) is 6.61 Å². The van der Waals surface area contributed by atoms with Crippen LogP contribution in [0.1, 0.15) is 23.1 Å². The number of anilines is 1. The first-order chi connectivity index (χ1) is 10.2. The van der Waals surface area contributed by atoms with Crippen molar-refractivity contribution < 1.29 is 10.2 Å². The largest absolute Gasteiger partial charge is 0.393 e. The molecule has 3 heterocycles. The Morgan fingerprint density at radius 2 is 2.24 bits per heavy atom. The molecule has 2 aromatic rings. The van der Waals surface area contributed by atoms with E-state index in [1.54, 1.807) is 18.3 Å². The van der Waals surface area contributed by atoms with Gasteiger partial charge in [-0.15, -0.1) is 0 Å². The molecule has 1 atom stereocenters. The van der Waals surface area contributed by atoms with Crippen molar-refractivity contribution in [1.82, 2.24) is 14.8 Å². The molecule has 0 amide bonds. The summed E-state index contributed by atoms with van der Waals surface area (Å²) in [5.41, 5.74) is 1.99. The SMILES string of the molecule is N#Cc1ccc(N2CCn3nc([C@H](O)CO)cc3C2)nc1. The van der Waals surface area contributed by atoms with Crippen LogP contribution in [0.15, 0.2) is 24.4 Å². The molecule has 108 valence electrons. The van der Waals surface area contributed by atoms with Gasteiger partial charge >= 0.3 is 0 Å². The number of nitriles is 1. The minimum absolute atomic E-state index is 0.336. The summed E-state index contributed by atoms with van der Waals surface area (Å²) < 4.78 is 1.84. The first-order valence-corrected chi connectivity index (χ1v) is 6.68. The average molecular weight is 285 g/mol. The highest BCUT2D eigenvalue weighted by Gasteiger charge is 2.21. The molecule has 0 radical (unpaired) electrons. The van der Waals surface area contributed by atoms with Crippen LogP contribution >= 0.6 is 0 Å². The lowest BCUT2D eigenvalue weighted by molar-refractivity contribution is 0.0916. The van der Waals surface area contributed by atoms with Crippen LogP contribution in [0.25, 0.3) is 0 Å². The van der Waals surface area contributed by atoms with E-state index in [1.165, 1.54) is 0 Å². The van der Waals surface area contributed by atoms with Crippen molar-refractivity contribution in [3.05, 3.63) is 41.3 Å². The predicted octanol–water partition coefficient (Wildman–Crippen LogP) is 0.196. The Morgan fingerprint density at radius 1 is 1.38 bits per heavy atom. The summed E-state index contributed by atoms with van der Waals surface area (Å²) in [7, 11) is 0. The minimum atomic E-state index is -0.940. The van der Waals surface area contributed by atoms with E-state index in [0.29, 0.717) is 24.3 Å². The van der Waals surface area contributed by atoms with Crippen molar-refractivity contribution in [2.75, 3.05) is 18.1 Å². The normalized spacial score (nSPS) is 15.4. The van der Waals surface area contributed by atoms with Gasteiger partial charge in [0.05, 0.1) is 36.6 Å². The van der Waals surface area contributed by atoms with Crippen molar-refractivity contribution in [3.63, 3.8) is 0 Å². The van der Waals surface area contributed by atoms with E-state index >= 15 is 0 Å². The summed E-state index contributed by atoms with van der Waals surface area (Å²) >= 11 is 0. The Bertz CT molecular complexity index is 674. The molecule has 0 fully saturated rings. The quantitative estimate of drug-likeness (QED) is 0.835. The molecule has 0 aromatic carbocycles. The van der Waals surface area contributed by atoms with Gasteiger partial charge in [0.2, 0.25) is 0 Å². The first-order valence-electron chi connectivity index (χ1n) is 6.68. The highest BCUT2D eigenvalue weighted by molar-refractivity contribution is 5.43. The zero-order chi connectivity index (χ0) is 14.8. The van der Waals surface area contributed by atoms with Crippen LogP contribution in [0.4, 0.5) is 5.82 Å². The number of hydrogen-bond donors (Lipinski definition) is 2. The molecule has 1 aliphatic heterocycles. The lowest BCUT2D eigenvalue weighted by atomic mass is 10.2. The van der Waals surface area contributed by atoms with Gasteiger partial charge in [-0.1, -0.05) is 0 Å². The van der Waals surface area contributed by atoms with Gasteiger partial charge in [0, 0.05) is 12.7 Å². The monoisotopic (exact) mass is 285 g/mol. The van der Waals surface area contributed by atoms with Crippen LogP contribution in [0.3, 0.4) is 0 Å². The first kappa shape index (κ1) is 13.5. The maximum atomic E-state index is 9.64. The average Bonchev–Trinajstić information content (AvgIpc) is 2.97. The maximum absolute atomic E-state index is 9.64. The highest BCUT2D eigenvalue weighted by atomic mass is 16.3. The number of aromatic nitrogens is 3. The van der Waals surface area contributed by atoms with E-state index in [4.69, 9.17) is 10.4 Å². The predicted molar refractivity (Wildman–Crippen MR) is 74.3 cm³/mol. The van der Waals surface area contributed by atoms with Crippen molar-refractivity contribution in [3.8, 4) is 6.07 Å². The van der Waals surface area contributed by atoms with Crippen LogP contribution in [-0.4, -0.2) is 38.1 Å². The van der Waals surface area contributed by atoms with Crippen LogP contribution in [0, 0.1) is 11.3 Å². The van der Waals surface area contributed by atoms with Crippen LogP contribution in [-0.2, 0) is 13.1 Å². The molecule has 7 heteroatoms. The van der Waals surface area contributed by atoms with Crippen LogP contribution < -0.4 is 4.90 Å². The summed E-state index contributed by atoms with van der Waals surface area (Å²) in [5, 5.41) is 31.7. The van der Waals surface area contributed by atoms with Gasteiger partial charge in [-0.05, 0) is 18.2 Å². The second-order valence-corrected chi connectivity index (χ2v) is 4.92. The summed E-state index contributed by atoms with van der Waals surface area (Å²) in [4.78, 5) is 6.38. The third kappa shape index (κ3) is 2.59. The molecule has 0 unspecified atom stereocenters. The molecule has 21 heavy (non-hydrogen) atoms. The molecule has 0 spiro atoms. The van der Waals surface area contributed by atoms with Gasteiger partial charge in [-0.3, -0.25) is 4.68 Å². The van der Waals surface area contributed by atoms with Crippen LogP contribution in [0.5, 0.6) is 0 Å². The Morgan fingerprint density at radius 3 is 2.90 bits per heavy atom. The van der Waals surface area contributed by atoms with Gasteiger partial charge < -0.3 is 15.1 Å². The molecule has 2 aromatic heterocycles. The molecule has 1 aliphatic rings. The summed E-state index contributed by atoms with van der Waals surface area (Å²) in [6.45, 7) is 1.73. The van der Waals surface area contributed by atoms with Crippen molar-refractivity contribution in [2.45, 2.75) is 19.2 Å². The van der Waals surface area contributed by atoms with Gasteiger partial charge in [-0.2, -0.15) is 10.4 Å². The lowest BCUT2D eigenvalue weighted by Crippen LogP contribution is -2.34. The van der Waals surface area contributed by atoms with E-state index < -0.39 is 6.10 Å². The summed E-state index contributed by atoms with van der Waals surface area (Å²) in [5.74, 6) is 0.811. The number of nitrogens with zero attached hydrogens (tertiary/aromatic N) is 5. The third-order valence-corrected chi connectivity index (χ3v) is 3.53. The Balaban J connectivity index is 1.80. The third-order valence-electron chi connectivity index (χ3n) is 3.53. The molecule has 0 saturated carbocycles. The zero-order valence-corrected chi connectivity index (χ0v) is 11.3. The number of pyridine rings is 1. The molecular weight excluding hydrogens is 270 g/mol. The Kier molecular flexibility index (Phi) is 3.56. The fourth-order valence-electron chi connectivity index (χ4n) is 2.38. The summed E-state index contributed by atoms with van der Waals surface area (Å²) in [6.07, 6.45) is 0.618. The second-order valence-electron chi connectivity index (χ2n) is 4.92. The lowest BCUT2D eigenvalue weighted by Gasteiger charge is -2.28. The smallest absolute Gasteiger partial charge is 0.128 e.